The highest BCUT2D eigenvalue weighted by Crippen LogP contribution is 2.27. The molecular weight excluding hydrogens is 403 g/mol. The van der Waals surface area contributed by atoms with E-state index in [0.29, 0.717) is 20.8 Å². The van der Waals surface area contributed by atoms with E-state index < -0.39 is 0 Å². The summed E-state index contributed by atoms with van der Waals surface area (Å²) in [6.07, 6.45) is 5.16. The van der Waals surface area contributed by atoms with Crippen LogP contribution in [-0.2, 0) is 0 Å². The molecule has 2 aromatic heterocycles. The third kappa shape index (κ3) is 3.29. The Morgan fingerprint density at radius 3 is 2.57 bits per heavy atom. The third-order valence-electron chi connectivity index (χ3n) is 4.79. The van der Waals surface area contributed by atoms with E-state index in [0.717, 1.165) is 11.1 Å². The van der Waals surface area contributed by atoms with Gasteiger partial charge < -0.3 is 9.52 Å². The summed E-state index contributed by atoms with van der Waals surface area (Å²) in [6, 6.07) is 15.9. The summed E-state index contributed by atoms with van der Waals surface area (Å²) in [5.74, 6) is 0.396. The number of hydrogen-bond donors (Lipinski definition) is 1. The van der Waals surface area contributed by atoms with Crippen LogP contribution >= 0.6 is 11.3 Å². The molecule has 30 heavy (non-hydrogen) atoms. The predicted molar refractivity (Wildman–Crippen MR) is 112 cm³/mol. The zero-order valence-corrected chi connectivity index (χ0v) is 16.3. The van der Waals surface area contributed by atoms with Gasteiger partial charge in [-0.15, -0.1) is 0 Å². The maximum Gasteiger partial charge on any atom is 0.274 e. The molecule has 1 aliphatic rings. The van der Waals surface area contributed by atoms with Gasteiger partial charge in [0.05, 0.1) is 22.5 Å². The molecule has 5 rings (SSSR count). The van der Waals surface area contributed by atoms with Gasteiger partial charge >= 0.3 is 0 Å². The van der Waals surface area contributed by atoms with Crippen LogP contribution in [0.5, 0.6) is 5.75 Å². The van der Waals surface area contributed by atoms with Crippen LogP contribution in [0.3, 0.4) is 0 Å². The van der Waals surface area contributed by atoms with Gasteiger partial charge in [0.25, 0.3) is 5.56 Å². The van der Waals surface area contributed by atoms with Gasteiger partial charge in [0.2, 0.25) is 0 Å². The Bertz CT molecular complexity index is 1410. The van der Waals surface area contributed by atoms with Gasteiger partial charge in [-0.05, 0) is 59.7 Å². The fraction of sp³-hybridized carbons (Fsp3) is 0.0435. The molecule has 1 unspecified atom stereocenters. The molecule has 0 amide bonds. The number of thiazole rings is 1. The second-order valence-corrected chi connectivity index (χ2v) is 7.79. The number of phenols is 1. The average Bonchev–Trinajstić information content (AvgIpc) is 3.39. The molecule has 148 valence electrons. The highest BCUT2D eigenvalue weighted by Gasteiger charge is 2.22. The summed E-state index contributed by atoms with van der Waals surface area (Å²) in [4.78, 5) is 18.4. The number of aromatic nitrogens is 1. The lowest BCUT2D eigenvalue weighted by atomic mass is 10.0. The highest BCUT2D eigenvalue weighted by molar-refractivity contribution is 7.07. The summed E-state index contributed by atoms with van der Waals surface area (Å²) >= 11 is 1.27. The quantitative estimate of drug-likeness (QED) is 0.554. The van der Waals surface area contributed by atoms with E-state index in [-0.39, 0.29) is 23.2 Å². The summed E-state index contributed by atoms with van der Waals surface area (Å²) in [7, 11) is 0. The van der Waals surface area contributed by atoms with Crippen LogP contribution in [0, 0.1) is 5.82 Å². The Hall–Kier alpha value is -3.71. The predicted octanol–water partition coefficient (Wildman–Crippen LogP) is 3.44. The lowest BCUT2D eigenvalue weighted by molar-refractivity contribution is 0.475. The summed E-state index contributed by atoms with van der Waals surface area (Å²) in [5.41, 5.74) is 2.01. The van der Waals surface area contributed by atoms with Crippen molar-refractivity contribution in [1.82, 2.24) is 4.57 Å². The molecule has 0 bridgehead atoms. The summed E-state index contributed by atoms with van der Waals surface area (Å²) in [5, 5.41) is 9.47. The monoisotopic (exact) mass is 418 g/mol. The molecule has 1 aliphatic heterocycles. The van der Waals surface area contributed by atoms with Gasteiger partial charge in [-0.3, -0.25) is 4.79 Å². The number of hydrogen-bond acceptors (Lipinski definition) is 5. The molecule has 0 aliphatic carbocycles. The Morgan fingerprint density at radius 1 is 1.10 bits per heavy atom. The zero-order valence-electron chi connectivity index (χ0n) is 15.5. The molecule has 0 radical (unpaired) electrons. The van der Waals surface area contributed by atoms with E-state index in [1.54, 1.807) is 60.9 Å². The van der Waals surface area contributed by atoms with Crippen molar-refractivity contribution in [3.63, 3.8) is 0 Å². The summed E-state index contributed by atoms with van der Waals surface area (Å²) in [6.45, 7) is 0. The van der Waals surface area contributed by atoms with Crippen LogP contribution in [-0.4, -0.2) is 9.67 Å². The lowest BCUT2D eigenvalue weighted by Gasteiger charge is -2.16. The van der Waals surface area contributed by atoms with Gasteiger partial charge in [0, 0.05) is 0 Å². The van der Waals surface area contributed by atoms with Crippen molar-refractivity contribution >= 4 is 23.1 Å². The summed E-state index contributed by atoms with van der Waals surface area (Å²) < 4.78 is 21.0. The Labute approximate surface area is 174 Å². The fourth-order valence-corrected chi connectivity index (χ4v) is 4.33. The molecule has 0 spiro atoms. The highest BCUT2D eigenvalue weighted by atomic mass is 32.1. The topological polar surface area (TPSA) is 67.7 Å². The molecule has 1 atom stereocenters. The minimum Gasteiger partial charge on any atom is -0.508 e. The Morgan fingerprint density at radius 2 is 1.87 bits per heavy atom. The molecule has 1 N–H and O–H groups in total. The number of fused-ring (bicyclic) bond motifs is 1. The number of phenolic OH excluding ortho intramolecular Hbond substituents is 1. The van der Waals surface area contributed by atoms with Gasteiger partial charge in [-0.2, -0.15) is 0 Å². The standard InChI is InChI=1S/C23H15FN2O3S/c24-16-7-5-15(6-8-16)18-13-19(20-2-1-11-29-20)26-22(28)21(30-23(26)25-18)12-14-3-9-17(27)10-4-14/h1-13,18,27H/b21-12+. The lowest BCUT2D eigenvalue weighted by Crippen LogP contribution is -2.33. The molecule has 0 saturated carbocycles. The van der Waals surface area contributed by atoms with E-state index in [1.165, 1.54) is 28.0 Å². The first-order valence-electron chi connectivity index (χ1n) is 9.20. The van der Waals surface area contributed by atoms with Crippen molar-refractivity contribution in [3.8, 4) is 5.75 Å². The van der Waals surface area contributed by atoms with Crippen LogP contribution in [0.4, 0.5) is 4.39 Å². The van der Waals surface area contributed by atoms with E-state index >= 15 is 0 Å². The maximum atomic E-state index is 13.4. The number of halogens is 1. The van der Waals surface area contributed by atoms with Crippen molar-refractivity contribution in [2.75, 3.05) is 0 Å². The van der Waals surface area contributed by atoms with Crippen LogP contribution < -0.4 is 14.9 Å². The third-order valence-corrected chi connectivity index (χ3v) is 5.77. The van der Waals surface area contributed by atoms with Crippen molar-refractivity contribution in [3.05, 3.63) is 115 Å². The van der Waals surface area contributed by atoms with Crippen LogP contribution in [0.1, 0.15) is 22.9 Å². The number of furan rings is 1. The molecule has 7 heteroatoms. The van der Waals surface area contributed by atoms with Gasteiger partial charge in [-0.1, -0.05) is 35.6 Å². The maximum absolute atomic E-state index is 13.4. The first-order valence-corrected chi connectivity index (χ1v) is 10.0. The van der Waals surface area contributed by atoms with Crippen molar-refractivity contribution in [2.45, 2.75) is 6.04 Å². The molecule has 4 aromatic rings. The second-order valence-electron chi connectivity index (χ2n) is 6.78. The van der Waals surface area contributed by atoms with Crippen LogP contribution in [0.2, 0.25) is 0 Å². The van der Waals surface area contributed by atoms with Crippen molar-refractivity contribution < 1.29 is 13.9 Å². The van der Waals surface area contributed by atoms with Crippen LogP contribution in [0.15, 0.2) is 87.2 Å². The SMILES string of the molecule is O=c1/c(=C\c2ccc(O)cc2)sc2n1C(c1ccco1)=CC(c1ccc(F)cc1)N=2. The smallest absolute Gasteiger partial charge is 0.274 e. The number of rotatable bonds is 3. The number of nitrogens with zero attached hydrogens (tertiary/aromatic N) is 2. The first kappa shape index (κ1) is 18.3. The minimum absolute atomic E-state index is 0.162. The van der Waals surface area contributed by atoms with Gasteiger partial charge in [0.15, 0.2) is 10.6 Å². The molecule has 0 fully saturated rings. The molecule has 0 saturated heterocycles. The fourth-order valence-electron chi connectivity index (χ4n) is 3.32. The van der Waals surface area contributed by atoms with Crippen molar-refractivity contribution in [2.24, 2.45) is 4.99 Å². The minimum atomic E-state index is -0.370. The molecule has 2 aromatic carbocycles. The van der Waals surface area contributed by atoms with E-state index in [4.69, 9.17) is 9.41 Å². The normalized spacial score (nSPS) is 16.1. The van der Waals surface area contributed by atoms with E-state index in [1.807, 2.05) is 6.08 Å². The molecular formula is C23H15FN2O3S. The average molecular weight is 418 g/mol. The number of benzene rings is 2. The Kier molecular flexibility index (Phi) is 4.44. The number of aromatic hydroxyl groups is 1. The van der Waals surface area contributed by atoms with E-state index in [2.05, 4.69) is 0 Å². The molecule has 5 nitrogen and oxygen atoms in total. The largest absolute Gasteiger partial charge is 0.508 e. The van der Waals surface area contributed by atoms with Crippen LogP contribution in [0.25, 0.3) is 11.8 Å². The van der Waals surface area contributed by atoms with Crippen molar-refractivity contribution in [1.29, 1.82) is 0 Å². The van der Waals surface area contributed by atoms with E-state index in [9.17, 15) is 14.3 Å². The zero-order chi connectivity index (χ0) is 20.7. The van der Waals surface area contributed by atoms with Gasteiger partial charge in [0.1, 0.15) is 11.6 Å². The Balaban J connectivity index is 1.71. The van der Waals surface area contributed by atoms with Gasteiger partial charge in [-0.25, -0.2) is 13.9 Å². The molecule has 3 heterocycles. The second kappa shape index (κ2) is 7.27. The first-order chi connectivity index (χ1) is 14.6.